The highest BCUT2D eigenvalue weighted by Gasteiger charge is 2.17. The maximum absolute atomic E-state index is 5.57. The maximum Gasteiger partial charge on any atom is 0.122 e. The Labute approximate surface area is 119 Å². The van der Waals surface area contributed by atoms with Gasteiger partial charge in [0.05, 0.1) is 19.8 Å². The topological polar surface area (TPSA) is 30.5 Å². The van der Waals surface area contributed by atoms with E-state index in [1.807, 2.05) is 19.2 Å². The molecule has 2 aromatic carbocycles. The third-order valence-electron chi connectivity index (χ3n) is 3.76. The van der Waals surface area contributed by atoms with Crippen LogP contribution < -0.4 is 14.8 Å². The Morgan fingerprint density at radius 2 is 2.00 bits per heavy atom. The standard InChI is InChI=1S/C17H19NO2/c1-18-17(13-4-3-5-15(11-13)19-2)14-6-7-16-12(10-14)8-9-20-16/h3-7,10-11,17-18H,8-9H2,1-2H3. The van der Waals surface area contributed by atoms with Gasteiger partial charge in [-0.1, -0.05) is 24.3 Å². The van der Waals surface area contributed by atoms with Crippen LogP contribution in [-0.4, -0.2) is 20.8 Å². The molecule has 3 rings (SSSR count). The zero-order valence-corrected chi connectivity index (χ0v) is 11.8. The molecule has 0 spiro atoms. The SMILES string of the molecule is CNC(c1cccc(OC)c1)c1ccc2c(c1)CCO2. The molecule has 0 aromatic heterocycles. The maximum atomic E-state index is 5.57. The van der Waals surface area contributed by atoms with Gasteiger partial charge >= 0.3 is 0 Å². The largest absolute Gasteiger partial charge is 0.497 e. The van der Waals surface area contributed by atoms with Crippen molar-refractivity contribution in [3.63, 3.8) is 0 Å². The third kappa shape index (κ3) is 2.37. The van der Waals surface area contributed by atoms with Crippen LogP contribution in [0.15, 0.2) is 42.5 Å². The number of nitrogens with one attached hydrogen (secondary N) is 1. The second-order valence-corrected chi connectivity index (χ2v) is 4.96. The first-order chi connectivity index (χ1) is 9.81. The van der Waals surface area contributed by atoms with E-state index in [9.17, 15) is 0 Å². The molecular weight excluding hydrogens is 250 g/mol. The van der Waals surface area contributed by atoms with Crippen molar-refractivity contribution in [1.29, 1.82) is 0 Å². The van der Waals surface area contributed by atoms with E-state index in [-0.39, 0.29) is 6.04 Å². The molecule has 0 fully saturated rings. The van der Waals surface area contributed by atoms with E-state index in [1.54, 1.807) is 7.11 Å². The fourth-order valence-corrected chi connectivity index (χ4v) is 2.73. The Bertz CT molecular complexity index is 610. The lowest BCUT2D eigenvalue weighted by molar-refractivity contribution is 0.357. The highest BCUT2D eigenvalue weighted by atomic mass is 16.5. The number of fused-ring (bicyclic) bond motifs is 1. The van der Waals surface area contributed by atoms with E-state index >= 15 is 0 Å². The minimum Gasteiger partial charge on any atom is -0.497 e. The van der Waals surface area contributed by atoms with Crippen LogP contribution in [0.4, 0.5) is 0 Å². The van der Waals surface area contributed by atoms with E-state index in [0.29, 0.717) is 0 Å². The van der Waals surface area contributed by atoms with E-state index in [0.717, 1.165) is 24.5 Å². The summed E-state index contributed by atoms with van der Waals surface area (Å²) < 4.78 is 10.9. The average Bonchev–Trinajstić information content (AvgIpc) is 2.96. The molecule has 1 unspecified atom stereocenters. The summed E-state index contributed by atoms with van der Waals surface area (Å²) in [5.74, 6) is 1.90. The van der Waals surface area contributed by atoms with Gasteiger partial charge in [-0.15, -0.1) is 0 Å². The van der Waals surface area contributed by atoms with E-state index in [4.69, 9.17) is 9.47 Å². The van der Waals surface area contributed by atoms with E-state index < -0.39 is 0 Å². The predicted octanol–water partition coefficient (Wildman–Crippen LogP) is 2.94. The summed E-state index contributed by atoms with van der Waals surface area (Å²) in [6.45, 7) is 0.794. The molecule has 0 saturated carbocycles. The predicted molar refractivity (Wildman–Crippen MR) is 79.5 cm³/mol. The van der Waals surface area contributed by atoms with Crippen molar-refractivity contribution in [1.82, 2.24) is 5.32 Å². The lowest BCUT2D eigenvalue weighted by atomic mass is 9.96. The highest BCUT2D eigenvalue weighted by molar-refractivity contribution is 5.44. The summed E-state index contributed by atoms with van der Waals surface area (Å²) in [6, 6.07) is 14.8. The lowest BCUT2D eigenvalue weighted by Crippen LogP contribution is -2.17. The molecule has 2 aromatic rings. The molecule has 0 aliphatic carbocycles. The lowest BCUT2D eigenvalue weighted by Gasteiger charge is -2.18. The van der Waals surface area contributed by atoms with Crippen LogP contribution in [0.5, 0.6) is 11.5 Å². The summed E-state index contributed by atoms with van der Waals surface area (Å²) in [5.41, 5.74) is 3.75. The second-order valence-electron chi connectivity index (χ2n) is 4.96. The number of benzene rings is 2. The van der Waals surface area contributed by atoms with Gasteiger partial charge in [-0.2, -0.15) is 0 Å². The van der Waals surface area contributed by atoms with Gasteiger partial charge in [-0.25, -0.2) is 0 Å². The second kappa shape index (κ2) is 5.55. The fraction of sp³-hybridized carbons (Fsp3) is 0.294. The quantitative estimate of drug-likeness (QED) is 0.925. The van der Waals surface area contributed by atoms with Gasteiger partial charge in [-0.3, -0.25) is 0 Å². The van der Waals surface area contributed by atoms with Crippen molar-refractivity contribution in [2.45, 2.75) is 12.5 Å². The van der Waals surface area contributed by atoms with Gasteiger partial charge in [-0.05, 0) is 41.9 Å². The Hall–Kier alpha value is -2.00. The van der Waals surface area contributed by atoms with Crippen molar-refractivity contribution in [2.24, 2.45) is 0 Å². The third-order valence-corrected chi connectivity index (χ3v) is 3.76. The van der Waals surface area contributed by atoms with Crippen LogP contribution in [0.25, 0.3) is 0 Å². The van der Waals surface area contributed by atoms with Gasteiger partial charge in [0.2, 0.25) is 0 Å². The van der Waals surface area contributed by atoms with Gasteiger partial charge < -0.3 is 14.8 Å². The van der Waals surface area contributed by atoms with E-state index in [2.05, 4.69) is 35.6 Å². The Balaban J connectivity index is 1.96. The van der Waals surface area contributed by atoms with Crippen LogP contribution in [0.3, 0.4) is 0 Å². The molecule has 3 heteroatoms. The summed E-state index contributed by atoms with van der Waals surface area (Å²) in [5, 5.41) is 3.38. The van der Waals surface area contributed by atoms with Gasteiger partial charge in [0.15, 0.2) is 0 Å². The molecule has 1 aliphatic heterocycles. The molecule has 0 radical (unpaired) electrons. The van der Waals surface area contributed by atoms with Crippen molar-refractivity contribution in [2.75, 3.05) is 20.8 Å². The number of hydrogen-bond acceptors (Lipinski definition) is 3. The normalized spacial score (nSPS) is 14.5. The van der Waals surface area contributed by atoms with Crippen molar-refractivity contribution in [3.05, 3.63) is 59.2 Å². The highest BCUT2D eigenvalue weighted by Crippen LogP contribution is 2.31. The van der Waals surface area contributed by atoms with Crippen LogP contribution in [-0.2, 0) is 6.42 Å². The van der Waals surface area contributed by atoms with Crippen LogP contribution >= 0.6 is 0 Å². The minimum absolute atomic E-state index is 0.163. The van der Waals surface area contributed by atoms with Gasteiger partial charge in [0.1, 0.15) is 11.5 Å². The first-order valence-corrected chi connectivity index (χ1v) is 6.88. The zero-order valence-electron chi connectivity index (χ0n) is 11.8. The molecule has 0 saturated heterocycles. The molecule has 3 nitrogen and oxygen atoms in total. The Morgan fingerprint density at radius 1 is 1.15 bits per heavy atom. The molecular formula is C17H19NO2. The fourth-order valence-electron chi connectivity index (χ4n) is 2.73. The van der Waals surface area contributed by atoms with E-state index in [1.165, 1.54) is 16.7 Å². The van der Waals surface area contributed by atoms with Crippen LogP contribution in [0.2, 0.25) is 0 Å². The molecule has 0 bridgehead atoms. The van der Waals surface area contributed by atoms with Crippen molar-refractivity contribution < 1.29 is 9.47 Å². The summed E-state index contributed by atoms with van der Waals surface area (Å²) >= 11 is 0. The van der Waals surface area contributed by atoms with Crippen molar-refractivity contribution in [3.8, 4) is 11.5 Å². The van der Waals surface area contributed by atoms with Crippen LogP contribution in [0.1, 0.15) is 22.7 Å². The first-order valence-electron chi connectivity index (χ1n) is 6.88. The molecule has 1 aliphatic rings. The molecule has 1 heterocycles. The molecule has 0 amide bonds. The first kappa shape index (κ1) is 13.0. The Kier molecular flexibility index (Phi) is 3.61. The average molecular weight is 269 g/mol. The molecule has 20 heavy (non-hydrogen) atoms. The zero-order chi connectivity index (χ0) is 13.9. The molecule has 104 valence electrons. The number of rotatable bonds is 4. The summed E-state index contributed by atoms with van der Waals surface area (Å²) in [4.78, 5) is 0. The van der Waals surface area contributed by atoms with Crippen LogP contribution in [0, 0.1) is 0 Å². The number of hydrogen-bond donors (Lipinski definition) is 1. The number of ether oxygens (including phenoxy) is 2. The monoisotopic (exact) mass is 269 g/mol. The minimum atomic E-state index is 0.163. The number of methoxy groups -OCH3 is 1. The Morgan fingerprint density at radius 3 is 2.80 bits per heavy atom. The molecule has 1 N–H and O–H groups in total. The molecule has 1 atom stereocenters. The van der Waals surface area contributed by atoms with Gasteiger partial charge in [0.25, 0.3) is 0 Å². The smallest absolute Gasteiger partial charge is 0.122 e. The summed E-state index contributed by atoms with van der Waals surface area (Å²) in [6.07, 6.45) is 0.998. The summed E-state index contributed by atoms with van der Waals surface area (Å²) in [7, 11) is 3.67. The van der Waals surface area contributed by atoms with Crippen molar-refractivity contribution >= 4 is 0 Å². The van der Waals surface area contributed by atoms with Gasteiger partial charge in [0, 0.05) is 6.42 Å².